The summed E-state index contributed by atoms with van der Waals surface area (Å²) in [4.78, 5) is 35.1. The van der Waals surface area contributed by atoms with Gasteiger partial charge < -0.3 is 24.6 Å². The molecule has 0 aliphatic heterocycles. The molecule has 342 valence electrons. The largest absolute Gasteiger partial charge is 0.472 e. The van der Waals surface area contributed by atoms with E-state index < -0.39 is 51.8 Å². The molecule has 1 unspecified atom stereocenters. The highest BCUT2D eigenvalue weighted by atomic mass is 31.2. The smallest absolute Gasteiger partial charge is 0.462 e. The second-order valence-electron chi connectivity index (χ2n) is 16.1. The number of unbranched alkanes of at least 4 members (excludes halogenated alkanes) is 27. The first-order chi connectivity index (χ1) is 28.2. The van der Waals surface area contributed by atoms with Crippen molar-refractivity contribution in [2.75, 3.05) is 26.4 Å². The highest BCUT2D eigenvalue weighted by Gasteiger charge is 2.27. The molecular weight excluding hydrogens is 755 g/mol. The molecule has 0 aromatic carbocycles. The van der Waals surface area contributed by atoms with Crippen LogP contribution in [0.3, 0.4) is 0 Å². The molecule has 0 bridgehead atoms. The Morgan fingerprint density at radius 2 is 0.914 bits per heavy atom. The predicted molar refractivity (Wildman–Crippen MR) is 238 cm³/mol. The van der Waals surface area contributed by atoms with Gasteiger partial charge in [0.15, 0.2) is 6.10 Å². The van der Waals surface area contributed by atoms with E-state index in [-0.39, 0.29) is 19.4 Å². The minimum absolute atomic E-state index is 0.186. The van der Waals surface area contributed by atoms with Crippen LogP contribution in [0.25, 0.3) is 0 Å². The standard InChI is InChI=1S/C47H89O10P/c1-3-5-7-9-11-13-15-17-19-20-21-22-23-24-25-27-29-31-33-35-37-39-47(51)57-45(43-56-58(52,53)55-41-44(49)40-48)42-54-46(50)38-36-34-32-30-28-26-18-16-14-12-10-8-6-4-2/h10,12,16,18,44-45,48-49H,3-9,11,13-15,17,19-43H2,1-2H3,(H,52,53)/b12-10+,18-16+/t44-,45+/m0/s1. The van der Waals surface area contributed by atoms with Crippen molar-refractivity contribution in [1.29, 1.82) is 0 Å². The van der Waals surface area contributed by atoms with Crippen LogP contribution in [0.5, 0.6) is 0 Å². The van der Waals surface area contributed by atoms with E-state index in [9.17, 15) is 24.2 Å². The van der Waals surface area contributed by atoms with Gasteiger partial charge in [-0.1, -0.05) is 199 Å². The van der Waals surface area contributed by atoms with Crippen LogP contribution in [0.1, 0.15) is 226 Å². The molecule has 0 aromatic rings. The quantitative estimate of drug-likeness (QED) is 0.0234. The van der Waals surface area contributed by atoms with E-state index in [0.29, 0.717) is 12.8 Å². The average molecular weight is 845 g/mol. The van der Waals surface area contributed by atoms with Gasteiger partial charge in [-0.05, 0) is 38.5 Å². The lowest BCUT2D eigenvalue weighted by Crippen LogP contribution is -2.29. The maximum atomic E-state index is 12.6. The second-order valence-corrected chi connectivity index (χ2v) is 17.6. The van der Waals surface area contributed by atoms with Crippen molar-refractivity contribution < 1.29 is 47.8 Å². The van der Waals surface area contributed by atoms with Crippen LogP contribution in [-0.4, -0.2) is 65.7 Å². The Hall–Kier alpha value is -1.55. The third kappa shape index (κ3) is 42.6. The van der Waals surface area contributed by atoms with Crippen molar-refractivity contribution in [1.82, 2.24) is 0 Å². The first-order valence-corrected chi connectivity index (χ1v) is 25.3. The molecule has 0 radical (unpaired) electrons. The summed E-state index contributed by atoms with van der Waals surface area (Å²) in [5, 5.41) is 18.4. The predicted octanol–water partition coefficient (Wildman–Crippen LogP) is 13.0. The number of hydrogen-bond donors (Lipinski definition) is 3. The van der Waals surface area contributed by atoms with E-state index in [4.69, 9.17) is 23.6 Å². The lowest BCUT2D eigenvalue weighted by molar-refractivity contribution is -0.161. The lowest BCUT2D eigenvalue weighted by atomic mass is 10.0. The molecule has 58 heavy (non-hydrogen) atoms. The molecule has 11 heteroatoms. The molecule has 0 saturated carbocycles. The highest BCUT2D eigenvalue weighted by Crippen LogP contribution is 2.43. The Morgan fingerprint density at radius 3 is 1.38 bits per heavy atom. The van der Waals surface area contributed by atoms with Gasteiger partial charge in [0.2, 0.25) is 0 Å². The van der Waals surface area contributed by atoms with E-state index >= 15 is 0 Å². The van der Waals surface area contributed by atoms with Crippen LogP contribution in [0, 0.1) is 0 Å². The van der Waals surface area contributed by atoms with E-state index in [1.165, 1.54) is 122 Å². The number of allylic oxidation sites excluding steroid dienone is 4. The average Bonchev–Trinajstić information content (AvgIpc) is 3.21. The second kappa shape index (κ2) is 43.5. The number of aliphatic hydroxyl groups is 2. The Morgan fingerprint density at radius 1 is 0.517 bits per heavy atom. The fourth-order valence-electron chi connectivity index (χ4n) is 6.66. The number of rotatable bonds is 45. The zero-order chi connectivity index (χ0) is 42.6. The fraction of sp³-hybridized carbons (Fsp3) is 0.872. The van der Waals surface area contributed by atoms with Gasteiger partial charge in [-0.25, -0.2) is 4.57 Å². The van der Waals surface area contributed by atoms with Crippen LogP contribution in [-0.2, 0) is 32.7 Å². The molecule has 3 N–H and O–H groups in total. The van der Waals surface area contributed by atoms with Crippen LogP contribution in [0.15, 0.2) is 24.3 Å². The minimum Gasteiger partial charge on any atom is -0.462 e. The SMILES string of the molecule is CCCC/C=C/C/C=C/CCCCCCCC(=O)OC[C@H](COP(=O)(O)OC[C@@H](O)CO)OC(=O)CCCCCCCCCCCCCCCCCCCCCCC. The number of carbonyl (C=O) groups excluding carboxylic acids is 2. The summed E-state index contributed by atoms with van der Waals surface area (Å²) in [5.74, 6) is -0.931. The number of aliphatic hydroxyl groups excluding tert-OH is 2. The highest BCUT2D eigenvalue weighted by molar-refractivity contribution is 7.47. The summed E-state index contributed by atoms with van der Waals surface area (Å²) < 4.78 is 32.8. The Balaban J connectivity index is 4.18. The zero-order valence-corrected chi connectivity index (χ0v) is 38.2. The van der Waals surface area contributed by atoms with Gasteiger partial charge in [-0.3, -0.25) is 18.6 Å². The molecule has 0 aliphatic carbocycles. The van der Waals surface area contributed by atoms with Crippen LogP contribution in [0.4, 0.5) is 0 Å². The first-order valence-electron chi connectivity index (χ1n) is 23.8. The third-order valence-electron chi connectivity index (χ3n) is 10.4. The van der Waals surface area contributed by atoms with Crippen molar-refractivity contribution >= 4 is 19.8 Å². The molecule has 0 fully saturated rings. The normalized spacial score (nSPS) is 13.9. The molecule has 0 aromatic heterocycles. The Kier molecular flexibility index (Phi) is 42.4. The van der Waals surface area contributed by atoms with Crippen molar-refractivity contribution in [2.24, 2.45) is 0 Å². The summed E-state index contributed by atoms with van der Waals surface area (Å²) >= 11 is 0. The fourth-order valence-corrected chi connectivity index (χ4v) is 7.45. The van der Waals surface area contributed by atoms with E-state index in [2.05, 4.69) is 38.2 Å². The molecule has 0 aliphatic rings. The molecule has 0 heterocycles. The van der Waals surface area contributed by atoms with Crippen molar-refractivity contribution in [3.8, 4) is 0 Å². The minimum atomic E-state index is -4.62. The summed E-state index contributed by atoms with van der Waals surface area (Å²) in [6.07, 6.45) is 44.3. The maximum Gasteiger partial charge on any atom is 0.472 e. The Bertz CT molecular complexity index is 1020. The van der Waals surface area contributed by atoms with Gasteiger partial charge in [0.05, 0.1) is 19.8 Å². The van der Waals surface area contributed by atoms with Gasteiger partial charge in [-0.2, -0.15) is 0 Å². The van der Waals surface area contributed by atoms with Gasteiger partial charge in [0.1, 0.15) is 12.7 Å². The van der Waals surface area contributed by atoms with Gasteiger partial charge in [0.25, 0.3) is 0 Å². The van der Waals surface area contributed by atoms with Crippen molar-refractivity contribution in [3.05, 3.63) is 24.3 Å². The van der Waals surface area contributed by atoms with Crippen LogP contribution in [0.2, 0.25) is 0 Å². The Labute approximate surface area is 355 Å². The number of phosphoric acid groups is 1. The number of carbonyl (C=O) groups is 2. The molecular formula is C47H89O10P. The molecule has 0 amide bonds. The number of phosphoric ester groups is 1. The number of ether oxygens (including phenoxy) is 2. The van der Waals surface area contributed by atoms with E-state index in [0.717, 1.165) is 64.2 Å². The first kappa shape index (κ1) is 56.5. The van der Waals surface area contributed by atoms with Crippen LogP contribution >= 0.6 is 7.82 Å². The summed E-state index contributed by atoms with van der Waals surface area (Å²) in [6, 6.07) is 0. The monoisotopic (exact) mass is 845 g/mol. The van der Waals surface area contributed by atoms with Crippen molar-refractivity contribution in [2.45, 2.75) is 238 Å². The van der Waals surface area contributed by atoms with Crippen molar-refractivity contribution in [3.63, 3.8) is 0 Å². The van der Waals surface area contributed by atoms with Gasteiger partial charge in [0, 0.05) is 12.8 Å². The molecule has 0 saturated heterocycles. The molecule has 0 rings (SSSR count). The third-order valence-corrected chi connectivity index (χ3v) is 11.3. The summed E-state index contributed by atoms with van der Waals surface area (Å²) in [5.41, 5.74) is 0. The van der Waals surface area contributed by atoms with Gasteiger partial charge >= 0.3 is 19.8 Å². The van der Waals surface area contributed by atoms with E-state index in [1.54, 1.807) is 0 Å². The topological polar surface area (TPSA) is 149 Å². The summed E-state index contributed by atoms with van der Waals surface area (Å²) in [6.45, 7) is 2.36. The number of hydrogen-bond acceptors (Lipinski definition) is 9. The van der Waals surface area contributed by atoms with E-state index in [1.807, 2.05) is 0 Å². The lowest BCUT2D eigenvalue weighted by Gasteiger charge is -2.20. The van der Waals surface area contributed by atoms with Crippen LogP contribution < -0.4 is 0 Å². The number of esters is 2. The zero-order valence-electron chi connectivity index (χ0n) is 37.3. The molecule has 10 nitrogen and oxygen atoms in total. The van der Waals surface area contributed by atoms with Gasteiger partial charge in [-0.15, -0.1) is 0 Å². The summed E-state index contributed by atoms with van der Waals surface area (Å²) in [7, 11) is -4.62. The molecule has 0 spiro atoms. The molecule has 3 atom stereocenters. The maximum absolute atomic E-state index is 12.6.